The normalized spacial score (nSPS) is 10.1. The monoisotopic (exact) mass is 233 g/mol. The number of hydrogen-bond acceptors (Lipinski definition) is 4. The van der Waals surface area contributed by atoms with E-state index in [-0.39, 0.29) is 0 Å². The number of methoxy groups -OCH3 is 1. The molecule has 0 unspecified atom stereocenters. The Morgan fingerprint density at radius 2 is 2.19 bits per heavy atom. The highest BCUT2D eigenvalue weighted by molar-refractivity contribution is 7.71. The molecule has 4 nitrogen and oxygen atoms in total. The third-order valence-corrected chi connectivity index (χ3v) is 2.34. The molecule has 0 aliphatic rings. The number of ether oxygens (including phenoxy) is 1. The number of nitrogens with zero attached hydrogens (tertiary/aromatic N) is 1. The number of nitrogens with two attached hydrogens (primary N) is 1. The maximum absolute atomic E-state index is 5.64. The Labute approximate surface area is 98.1 Å². The van der Waals surface area contributed by atoms with Gasteiger partial charge in [0.2, 0.25) is 0 Å². The fraction of sp³-hybridized carbons (Fsp3) is 0.0909. The van der Waals surface area contributed by atoms with Crippen molar-refractivity contribution in [3.63, 3.8) is 0 Å². The van der Waals surface area contributed by atoms with Crippen LogP contribution in [0.25, 0.3) is 11.3 Å². The van der Waals surface area contributed by atoms with E-state index in [1.54, 1.807) is 13.2 Å². The molecule has 2 aromatic rings. The number of H-pyrrole nitrogens is 1. The van der Waals surface area contributed by atoms with Crippen molar-refractivity contribution in [2.75, 3.05) is 12.8 Å². The second-order valence-corrected chi connectivity index (χ2v) is 3.64. The summed E-state index contributed by atoms with van der Waals surface area (Å²) in [6, 6.07) is 9.37. The molecule has 0 fully saturated rings. The first kappa shape index (κ1) is 10.6. The Bertz CT molecular complexity index is 565. The van der Waals surface area contributed by atoms with Crippen LogP contribution >= 0.6 is 12.2 Å². The Morgan fingerprint density at radius 3 is 2.88 bits per heavy atom. The summed E-state index contributed by atoms with van der Waals surface area (Å²) in [6.45, 7) is 0. The van der Waals surface area contributed by atoms with E-state index in [1.807, 2.05) is 24.3 Å². The number of anilines is 1. The standard InChI is InChI=1S/C11H11N3OS/c1-15-8-4-2-3-7(5-8)9-6-10(12)14-11(16)13-9/h2-6H,1H3,(H3,12,13,14,16). The van der Waals surface area contributed by atoms with E-state index in [0.717, 1.165) is 17.0 Å². The molecule has 1 aromatic heterocycles. The number of aromatic nitrogens is 2. The topological polar surface area (TPSA) is 63.9 Å². The summed E-state index contributed by atoms with van der Waals surface area (Å²) in [5.74, 6) is 1.19. The average Bonchev–Trinajstić information content (AvgIpc) is 2.28. The summed E-state index contributed by atoms with van der Waals surface area (Å²) in [6.07, 6.45) is 0. The number of benzene rings is 1. The fourth-order valence-electron chi connectivity index (χ4n) is 1.42. The van der Waals surface area contributed by atoms with Gasteiger partial charge in [-0.1, -0.05) is 12.1 Å². The highest BCUT2D eigenvalue weighted by atomic mass is 32.1. The van der Waals surface area contributed by atoms with Crippen LogP contribution in [0.3, 0.4) is 0 Å². The number of nitrogens with one attached hydrogen (secondary N) is 1. The van der Waals surface area contributed by atoms with Gasteiger partial charge in [-0.2, -0.15) is 0 Å². The van der Waals surface area contributed by atoms with Crippen molar-refractivity contribution in [1.29, 1.82) is 0 Å². The van der Waals surface area contributed by atoms with E-state index in [4.69, 9.17) is 22.7 Å². The van der Waals surface area contributed by atoms with Crippen LogP contribution < -0.4 is 10.5 Å². The molecule has 0 aliphatic heterocycles. The third-order valence-electron chi connectivity index (χ3n) is 2.15. The minimum Gasteiger partial charge on any atom is -0.497 e. The second-order valence-electron chi connectivity index (χ2n) is 3.26. The molecule has 0 spiro atoms. The molecule has 1 heterocycles. The van der Waals surface area contributed by atoms with Gasteiger partial charge >= 0.3 is 0 Å². The van der Waals surface area contributed by atoms with Crippen molar-refractivity contribution in [3.8, 4) is 17.0 Å². The third kappa shape index (κ3) is 2.20. The van der Waals surface area contributed by atoms with Gasteiger partial charge in [-0.25, -0.2) is 4.98 Å². The minimum absolute atomic E-state index is 0.373. The molecule has 0 aliphatic carbocycles. The number of nitrogen functional groups attached to an aromatic ring is 1. The first-order valence-corrected chi connectivity index (χ1v) is 5.11. The summed E-state index contributed by atoms with van der Waals surface area (Å²) >= 11 is 4.97. The van der Waals surface area contributed by atoms with E-state index in [2.05, 4.69) is 9.97 Å². The van der Waals surface area contributed by atoms with Crippen LogP contribution in [0, 0.1) is 4.77 Å². The summed E-state index contributed by atoms with van der Waals surface area (Å²) in [5.41, 5.74) is 7.43. The number of aromatic amines is 1. The van der Waals surface area contributed by atoms with Gasteiger partial charge in [-0.15, -0.1) is 0 Å². The quantitative estimate of drug-likeness (QED) is 0.782. The molecule has 0 atom stereocenters. The fourth-order valence-corrected chi connectivity index (χ4v) is 1.64. The van der Waals surface area contributed by atoms with Crippen LogP contribution in [-0.4, -0.2) is 17.1 Å². The van der Waals surface area contributed by atoms with E-state index in [9.17, 15) is 0 Å². The molecular weight excluding hydrogens is 222 g/mol. The van der Waals surface area contributed by atoms with E-state index >= 15 is 0 Å². The van der Waals surface area contributed by atoms with Crippen LogP contribution in [0.4, 0.5) is 5.82 Å². The molecule has 0 amide bonds. The van der Waals surface area contributed by atoms with Crippen LogP contribution in [0.1, 0.15) is 0 Å². The lowest BCUT2D eigenvalue weighted by atomic mass is 10.1. The largest absolute Gasteiger partial charge is 0.497 e. The molecular formula is C11H11N3OS. The number of rotatable bonds is 2. The second kappa shape index (κ2) is 4.32. The van der Waals surface area contributed by atoms with Crippen molar-refractivity contribution in [1.82, 2.24) is 9.97 Å². The van der Waals surface area contributed by atoms with Gasteiger partial charge in [0, 0.05) is 11.6 Å². The lowest BCUT2D eigenvalue weighted by Crippen LogP contribution is -1.94. The highest BCUT2D eigenvalue weighted by Crippen LogP contribution is 2.22. The molecule has 0 saturated heterocycles. The number of hydrogen-bond donors (Lipinski definition) is 2. The average molecular weight is 233 g/mol. The van der Waals surface area contributed by atoms with Gasteiger partial charge in [0.25, 0.3) is 0 Å². The summed E-state index contributed by atoms with van der Waals surface area (Å²) < 4.78 is 5.52. The van der Waals surface area contributed by atoms with Gasteiger partial charge in [-0.05, 0) is 24.4 Å². The molecule has 5 heteroatoms. The van der Waals surface area contributed by atoms with Gasteiger partial charge in [-0.3, -0.25) is 0 Å². The summed E-state index contributed by atoms with van der Waals surface area (Å²) in [5, 5.41) is 0. The maximum atomic E-state index is 5.64. The first-order chi connectivity index (χ1) is 7.69. The van der Waals surface area contributed by atoms with Gasteiger partial charge in [0.15, 0.2) is 4.77 Å². The SMILES string of the molecule is COc1cccc(-c2cc(N)nc(=S)[nH]2)c1. The molecule has 0 radical (unpaired) electrons. The van der Waals surface area contributed by atoms with Crippen LogP contribution in [0.15, 0.2) is 30.3 Å². The minimum atomic E-state index is 0.373. The summed E-state index contributed by atoms with van der Waals surface area (Å²) in [7, 11) is 1.63. The lowest BCUT2D eigenvalue weighted by Gasteiger charge is -2.05. The molecule has 2 rings (SSSR count). The van der Waals surface area contributed by atoms with Crippen molar-refractivity contribution < 1.29 is 4.74 Å². The highest BCUT2D eigenvalue weighted by Gasteiger charge is 2.01. The predicted molar refractivity (Wildman–Crippen MR) is 65.8 cm³/mol. The van der Waals surface area contributed by atoms with Crippen molar-refractivity contribution in [2.24, 2.45) is 0 Å². The predicted octanol–water partition coefficient (Wildman–Crippen LogP) is 2.40. The van der Waals surface area contributed by atoms with Gasteiger partial charge < -0.3 is 15.5 Å². The van der Waals surface area contributed by atoms with E-state index in [1.165, 1.54) is 0 Å². The van der Waals surface area contributed by atoms with Crippen molar-refractivity contribution >= 4 is 18.0 Å². The zero-order chi connectivity index (χ0) is 11.5. The summed E-state index contributed by atoms with van der Waals surface area (Å²) in [4.78, 5) is 6.89. The Hall–Kier alpha value is -1.88. The lowest BCUT2D eigenvalue weighted by molar-refractivity contribution is 0.415. The van der Waals surface area contributed by atoms with Crippen LogP contribution in [0.2, 0.25) is 0 Å². The van der Waals surface area contributed by atoms with E-state index < -0.39 is 0 Å². The van der Waals surface area contributed by atoms with Crippen molar-refractivity contribution in [3.05, 3.63) is 35.1 Å². The molecule has 0 bridgehead atoms. The Morgan fingerprint density at radius 1 is 1.38 bits per heavy atom. The van der Waals surface area contributed by atoms with E-state index in [0.29, 0.717) is 10.6 Å². The first-order valence-electron chi connectivity index (χ1n) is 4.70. The zero-order valence-electron chi connectivity index (χ0n) is 8.73. The van der Waals surface area contributed by atoms with Crippen LogP contribution in [-0.2, 0) is 0 Å². The van der Waals surface area contributed by atoms with Gasteiger partial charge in [0.05, 0.1) is 12.8 Å². The van der Waals surface area contributed by atoms with Crippen molar-refractivity contribution in [2.45, 2.75) is 0 Å². The maximum Gasteiger partial charge on any atom is 0.199 e. The zero-order valence-corrected chi connectivity index (χ0v) is 9.54. The Balaban J connectivity index is 2.53. The van der Waals surface area contributed by atoms with Crippen LogP contribution in [0.5, 0.6) is 5.75 Å². The molecule has 82 valence electrons. The smallest absolute Gasteiger partial charge is 0.199 e. The molecule has 1 aromatic carbocycles. The molecule has 3 N–H and O–H groups in total. The molecule has 16 heavy (non-hydrogen) atoms. The Kier molecular flexibility index (Phi) is 2.87. The van der Waals surface area contributed by atoms with Gasteiger partial charge in [0.1, 0.15) is 11.6 Å². The molecule has 0 saturated carbocycles.